The van der Waals surface area contributed by atoms with Crippen molar-refractivity contribution in [2.24, 2.45) is 5.92 Å². The van der Waals surface area contributed by atoms with Gasteiger partial charge >= 0.3 is 0 Å². The second-order valence-corrected chi connectivity index (χ2v) is 7.62. The molecule has 0 aromatic carbocycles. The van der Waals surface area contributed by atoms with Crippen LogP contribution in [0, 0.1) is 5.92 Å². The van der Waals surface area contributed by atoms with Crippen molar-refractivity contribution in [3.8, 4) is 0 Å². The number of rotatable bonds is 4. The molecule has 2 aliphatic rings. The van der Waals surface area contributed by atoms with Crippen molar-refractivity contribution >= 4 is 5.91 Å². The molecule has 0 aromatic rings. The predicted octanol–water partition coefficient (Wildman–Crippen LogP) is 2.26. The molecule has 2 fully saturated rings. The topological polar surface area (TPSA) is 43.8 Å². The van der Waals surface area contributed by atoms with Crippen LogP contribution in [0.3, 0.4) is 0 Å². The van der Waals surface area contributed by atoms with E-state index in [1.54, 1.807) is 0 Å². The quantitative estimate of drug-likeness (QED) is 0.865. The summed E-state index contributed by atoms with van der Waals surface area (Å²) in [6.45, 7) is 7.35. The van der Waals surface area contributed by atoms with Crippen LogP contribution < -0.4 is 0 Å². The standard InChI is InChI=1S/C17H32N2O2/c1-13-8-5-6-9-14(13)18(4)16(20)12-19-11-7-10-15(19)17(2,3)21/h13-15,21H,5-12H2,1-4H3. The molecule has 3 unspecified atom stereocenters. The molecule has 0 spiro atoms. The van der Waals surface area contributed by atoms with Crippen molar-refractivity contribution in [2.75, 3.05) is 20.1 Å². The molecular formula is C17H32N2O2. The Morgan fingerprint density at radius 3 is 2.52 bits per heavy atom. The lowest BCUT2D eigenvalue weighted by Gasteiger charge is -2.38. The van der Waals surface area contributed by atoms with Crippen molar-refractivity contribution in [3.05, 3.63) is 0 Å². The monoisotopic (exact) mass is 296 g/mol. The van der Waals surface area contributed by atoms with Crippen LogP contribution in [0.4, 0.5) is 0 Å². The molecule has 1 N–H and O–H groups in total. The SMILES string of the molecule is CC1CCCCC1N(C)C(=O)CN1CCCC1C(C)(C)O. The van der Waals surface area contributed by atoms with Gasteiger partial charge in [-0.2, -0.15) is 0 Å². The molecule has 1 heterocycles. The molecule has 2 rings (SSSR count). The van der Waals surface area contributed by atoms with E-state index in [4.69, 9.17) is 0 Å². The summed E-state index contributed by atoms with van der Waals surface area (Å²) in [5, 5.41) is 10.3. The van der Waals surface area contributed by atoms with Crippen LogP contribution in [0.5, 0.6) is 0 Å². The Morgan fingerprint density at radius 1 is 1.24 bits per heavy atom. The maximum atomic E-state index is 12.6. The third-order valence-corrected chi connectivity index (χ3v) is 5.47. The van der Waals surface area contributed by atoms with Gasteiger partial charge in [-0.25, -0.2) is 0 Å². The first-order chi connectivity index (χ1) is 9.80. The van der Waals surface area contributed by atoms with Crippen molar-refractivity contribution in [3.63, 3.8) is 0 Å². The summed E-state index contributed by atoms with van der Waals surface area (Å²) < 4.78 is 0. The lowest BCUT2D eigenvalue weighted by molar-refractivity contribution is -0.136. The van der Waals surface area contributed by atoms with Crippen LogP contribution >= 0.6 is 0 Å². The highest BCUT2D eigenvalue weighted by Crippen LogP contribution is 2.29. The zero-order valence-corrected chi connectivity index (χ0v) is 14.1. The third-order valence-electron chi connectivity index (χ3n) is 5.47. The molecule has 0 bridgehead atoms. The lowest BCUT2D eigenvalue weighted by Crippen LogP contribution is -2.51. The van der Waals surface area contributed by atoms with Gasteiger partial charge in [0.2, 0.25) is 5.91 Å². The summed E-state index contributed by atoms with van der Waals surface area (Å²) in [7, 11) is 1.96. The summed E-state index contributed by atoms with van der Waals surface area (Å²) in [4.78, 5) is 16.8. The minimum absolute atomic E-state index is 0.110. The highest BCUT2D eigenvalue weighted by atomic mass is 16.3. The third kappa shape index (κ3) is 3.98. The van der Waals surface area contributed by atoms with Gasteiger partial charge in [0.1, 0.15) is 0 Å². The fraction of sp³-hybridized carbons (Fsp3) is 0.941. The van der Waals surface area contributed by atoms with Crippen molar-refractivity contribution < 1.29 is 9.90 Å². The number of aliphatic hydroxyl groups is 1. The Balaban J connectivity index is 1.94. The number of nitrogens with zero attached hydrogens (tertiary/aromatic N) is 2. The molecular weight excluding hydrogens is 264 g/mol. The lowest BCUT2D eigenvalue weighted by atomic mass is 9.85. The van der Waals surface area contributed by atoms with Gasteiger partial charge in [0.15, 0.2) is 0 Å². The van der Waals surface area contributed by atoms with E-state index in [0.717, 1.165) is 25.8 Å². The predicted molar refractivity (Wildman–Crippen MR) is 85.1 cm³/mol. The van der Waals surface area contributed by atoms with Crippen LogP contribution in [-0.2, 0) is 4.79 Å². The number of likely N-dealkylation sites (N-methyl/N-ethyl adjacent to an activating group) is 1. The molecule has 1 aliphatic heterocycles. The number of hydrogen-bond donors (Lipinski definition) is 1. The molecule has 4 heteroatoms. The normalized spacial score (nSPS) is 31.4. The molecule has 122 valence electrons. The van der Waals surface area contributed by atoms with Gasteiger partial charge in [-0.05, 0) is 52.0 Å². The molecule has 1 saturated carbocycles. The summed E-state index contributed by atoms with van der Waals surface area (Å²) in [5.41, 5.74) is -0.729. The van der Waals surface area contributed by atoms with Crippen LogP contribution in [-0.4, -0.2) is 58.6 Å². The maximum Gasteiger partial charge on any atom is 0.236 e. The second-order valence-electron chi connectivity index (χ2n) is 7.62. The van der Waals surface area contributed by atoms with E-state index in [0.29, 0.717) is 18.5 Å². The van der Waals surface area contributed by atoms with Crippen molar-refractivity contribution in [1.29, 1.82) is 0 Å². The molecule has 3 atom stereocenters. The molecule has 4 nitrogen and oxygen atoms in total. The number of hydrogen-bond acceptors (Lipinski definition) is 3. The highest BCUT2D eigenvalue weighted by molar-refractivity contribution is 5.78. The van der Waals surface area contributed by atoms with Gasteiger partial charge in [0, 0.05) is 19.1 Å². The maximum absolute atomic E-state index is 12.6. The van der Waals surface area contributed by atoms with E-state index in [2.05, 4.69) is 11.8 Å². The summed E-state index contributed by atoms with van der Waals surface area (Å²) in [6.07, 6.45) is 6.97. The minimum Gasteiger partial charge on any atom is -0.389 e. The molecule has 21 heavy (non-hydrogen) atoms. The van der Waals surface area contributed by atoms with Gasteiger partial charge in [-0.3, -0.25) is 9.69 Å². The Hall–Kier alpha value is -0.610. The van der Waals surface area contributed by atoms with Crippen molar-refractivity contribution in [1.82, 2.24) is 9.80 Å². The van der Waals surface area contributed by atoms with Crippen molar-refractivity contribution in [2.45, 2.75) is 77.0 Å². The first-order valence-corrected chi connectivity index (χ1v) is 8.53. The Morgan fingerprint density at radius 2 is 1.90 bits per heavy atom. The van der Waals surface area contributed by atoms with E-state index >= 15 is 0 Å². The van der Waals surface area contributed by atoms with Crippen LogP contribution in [0.25, 0.3) is 0 Å². The molecule has 0 aromatic heterocycles. The average molecular weight is 296 g/mol. The number of likely N-dealkylation sites (tertiary alicyclic amines) is 1. The minimum atomic E-state index is -0.729. The smallest absolute Gasteiger partial charge is 0.236 e. The molecule has 0 radical (unpaired) electrons. The Labute approximate surface area is 129 Å². The van der Waals surface area contributed by atoms with E-state index in [1.807, 2.05) is 25.8 Å². The number of carbonyl (C=O) groups excluding carboxylic acids is 1. The van der Waals surface area contributed by atoms with Crippen LogP contribution in [0.2, 0.25) is 0 Å². The number of amides is 1. The van der Waals surface area contributed by atoms with Crippen LogP contribution in [0.15, 0.2) is 0 Å². The molecule has 1 amide bonds. The van der Waals surface area contributed by atoms with Gasteiger partial charge in [0.05, 0.1) is 12.1 Å². The van der Waals surface area contributed by atoms with E-state index in [9.17, 15) is 9.90 Å². The largest absolute Gasteiger partial charge is 0.389 e. The number of carbonyl (C=O) groups is 1. The molecule has 1 aliphatic carbocycles. The van der Waals surface area contributed by atoms with Gasteiger partial charge in [0.25, 0.3) is 0 Å². The first-order valence-electron chi connectivity index (χ1n) is 8.53. The summed E-state index contributed by atoms with van der Waals surface area (Å²) >= 11 is 0. The van der Waals surface area contributed by atoms with Gasteiger partial charge < -0.3 is 10.0 Å². The second kappa shape index (κ2) is 6.66. The van der Waals surface area contributed by atoms with Crippen LogP contribution in [0.1, 0.15) is 59.3 Å². The zero-order chi connectivity index (χ0) is 15.6. The zero-order valence-electron chi connectivity index (χ0n) is 14.1. The fourth-order valence-corrected chi connectivity index (χ4v) is 4.16. The molecule has 1 saturated heterocycles. The Kier molecular flexibility index (Phi) is 5.31. The van der Waals surface area contributed by atoms with E-state index < -0.39 is 5.60 Å². The van der Waals surface area contributed by atoms with Gasteiger partial charge in [-0.1, -0.05) is 19.8 Å². The van der Waals surface area contributed by atoms with E-state index in [1.165, 1.54) is 19.3 Å². The summed E-state index contributed by atoms with van der Waals surface area (Å²) in [5.74, 6) is 0.821. The van der Waals surface area contributed by atoms with Gasteiger partial charge in [-0.15, -0.1) is 0 Å². The fourth-order valence-electron chi connectivity index (χ4n) is 4.16. The Bertz CT molecular complexity index is 364. The van der Waals surface area contributed by atoms with E-state index in [-0.39, 0.29) is 11.9 Å². The average Bonchev–Trinajstić information content (AvgIpc) is 2.86. The first kappa shape index (κ1) is 16.8. The summed E-state index contributed by atoms with van der Waals surface area (Å²) in [6, 6.07) is 0.507. The highest BCUT2D eigenvalue weighted by Gasteiger charge is 2.37.